The molecular weight excluding hydrogens is 221 g/mol. The molecule has 1 fully saturated rings. The van der Waals surface area contributed by atoms with Gasteiger partial charge in [0.05, 0.1) is 5.56 Å². The van der Waals surface area contributed by atoms with Gasteiger partial charge in [0.2, 0.25) is 0 Å². The van der Waals surface area contributed by atoms with Gasteiger partial charge in [-0.1, -0.05) is 23.2 Å². The molecule has 0 aromatic carbocycles. The van der Waals surface area contributed by atoms with E-state index in [9.17, 15) is 4.79 Å². The number of hydrogen-bond acceptors (Lipinski definition) is 2. The van der Waals surface area contributed by atoms with Crippen molar-refractivity contribution in [2.75, 3.05) is 0 Å². The molecule has 1 aliphatic rings. The number of hydrogen-bond donors (Lipinski definition) is 0. The lowest BCUT2D eigenvalue weighted by atomic mass is 10.1. The summed E-state index contributed by atoms with van der Waals surface area (Å²) in [5, 5.41) is 0.529. The number of ketones is 1. The second-order valence-corrected chi connectivity index (χ2v) is 4.29. The maximum atomic E-state index is 11.7. The predicted octanol–water partition coefficient (Wildman–Crippen LogP) is 3.37. The monoisotopic (exact) mass is 229 g/mol. The highest BCUT2D eigenvalue weighted by molar-refractivity contribution is 6.34. The van der Waals surface area contributed by atoms with Crippen LogP contribution in [-0.2, 0) is 0 Å². The highest BCUT2D eigenvalue weighted by Gasteiger charge is 2.25. The van der Waals surface area contributed by atoms with Crippen LogP contribution in [0.5, 0.6) is 0 Å². The Balaban J connectivity index is 2.17. The van der Waals surface area contributed by atoms with Crippen molar-refractivity contribution in [1.82, 2.24) is 4.98 Å². The Labute approximate surface area is 92.2 Å². The van der Waals surface area contributed by atoms with Gasteiger partial charge in [0.1, 0.15) is 10.3 Å². The van der Waals surface area contributed by atoms with E-state index in [1.165, 1.54) is 0 Å². The average molecular weight is 230 g/mol. The fourth-order valence-electron chi connectivity index (χ4n) is 1.31. The lowest BCUT2D eigenvalue weighted by Crippen LogP contribution is -2.02. The molecule has 4 heteroatoms. The molecule has 0 spiro atoms. The van der Waals surface area contributed by atoms with E-state index in [-0.39, 0.29) is 10.9 Å². The Kier molecular flexibility index (Phi) is 2.75. The molecule has 0 aliphatic heterocycles. The van der Waals surface area contributed by atoms with Crippen molar-refractivity contribution in [1.29, 1.82) is 0 Å². The molecule has 0 N–H and O–H groups in total. The first kappa shape index (κ1) is 9.94. The first-order chi connectivity index (χ1) is 6.66. The molecule has 0 radical (unpaired) electrons. The van der Waals surface area contributed by atoms with E-state index in [1.807, 2.05) is 0 Å². The highest BCUT2D eigenvalue weighted by Crippen LogP contribution is 2.34. The number of aromatic nitrogens is 1. The van der Waals surface area contributed by atoms with Crippen LogP contribution in [0.1, 0.15) is 29.6 Å². The standard InChI is InChI=1S/C10H9Cl2NO/c11-9-4-3-7(10(12)13-9)8(14)5-6-1-2-6/h3-4,6H,1-2,5H2. The Morgan fingerprint density at radius 2 is 2.14 bits per heavy atom. The molecule has 2 nitrogen and oxygen atoms in total. The minimum atomic E-state index is 0.0710. The molecule has 1 aromatic rings. The smallest absolute Gasteiger partial charge is 0.166 e. The first-order valence-corrected chi connectivity index (χ1v) is 5.27. The van der Waals surface area contributed by atoms with Gasteiger partial charge in [-0.15, -0.1) is 0 Å². The van der Waals surface area contributed by atoms with Crippen LogP contribution in [-0.4, -0.2) is 10.8 Å². The number of carbonyl (C=O) groups excluding carboxylic acids is 1. The van der Waals surface area contributed by atoms with E-state index in [1.54, 1.807) is 12.1 Å². The van der Waals surface area contributed by atoms with Crippen LogP contribution in [0.4, 0.5) is 0 Å². The molecule has 74 valence electrons. The summed E-state index contributed by atoms with van der Waals surface area (Å²) < 4.78 is 0. The summed E-state index contributed by atoms with van der Waals surface area (Å²) in [6.45, 7) is 0. The third-order valence-electron chi connectivity index (χ3n) is 2.29. The molecule has 2 rings (SSSR count). The van der Waals surface area contributed by atoms with Crippen LogP contribution in [0, 0.1) is 5.92 Å². The predicted molar refractivity (Wildman–Crippen MR) is 55.9 cm³/mol. The number of carbonyl (C=O) groups is 1. The van der Waals surface area contributed by atoms with Crippen LogP contribution < -0.4 is 0 Å². The quantitative estimate of drug-likeness (QED) is 0.588. The molecule has 14 heavy (non-hydrogen) atoms. The van der Waals surface area contributed by atoms with E-state index < -0.39 is 0 Å². The van der Waals surface area contributed by atoms with Gasteiger partial charge in [-0.25, -0.2) is 4.98 Å². The number of Topliss-reactive ketones (excluding diaryl/α,β-unsaturated/α-hetero) is 1. The Bertz CT molecular complexity index is 374. The zero-order chi connectivity index (χ0) is 10.1. The molecule has 1 aromatic heterocycles. The van der Waals surface area contributed by atoms with Gasteiger partial charge < -0.3 is 0 Å². The van der Waals surface area contributed by atoms with Crippen molar-refractivity contribution >= 4 is 29.0 Å². The summed E-state index contributed by atoms with van der Waals surface area (Å²) in [5.74, 6) is 0.635. The number of pyridine rings is 1. The van der Waals surface area contributed by atoms with Crippen molar-refractivity contribution in [2.24, 2.45) is 5.92 Å². The van der Waals surface area contributed by atoms with Crippen LogP contribution in [0.15, 0.2) is 12.1 Å². The lowest BCUT2D eigenvalue weighted by molar-refractivity contribution is 0.0976. The fourth-order valence-corrected chi connectivity index (χ4v) is 1.76. The number of halogens is 2. The van der Waals surface area contributed by atoms with Crippen LogP contribution in [0.25, 0.3) is 0 Å². The van der Waals surface area contributed by atoms with Crippen LogP contribution in [0.2, 0.25) is 10.3 Å². The SMILES string of the molecule is O=C(CC1CC1)c1ccc(Cl)nc1Cl. The third-order valence-corrected chi connectivity index (χ3v) is 2.78. The summed E-state index contributed by atoms with van der Waals surface area (Å²) in [7, 11) is 0. The van der Waals surface area contributed by atoms with Gasteiger partial charge in [0.15, 0.2) is 5.78 Å². The van der Waals surface area contributed by atoms with Gasteiger partial charge >= 0.3 is 0 Å². The Hall–Kier alpha value is -0.600. The van der Waals surface area contributed by atoms with Gasteiger partial charge in [0.25, 0.3) is 0 Å². The molecule has 0 saturated heterocycles. The van der Waals surface area contributed by atoms with Crippen molar-refractivity contribution < 1.29 is 4.79 Å². The van der Waals surface area contributed by atoms with Crippen molar-refractivity contribution in [3.8, 4) is 0 Å². The van der Waals surface area contributed by atoms with E-state index in [2.05, 4.69) is 4.98 Å². The zero-order valence-electron chi connectivity index (χ0n) is 7.46. The molecule has 1 aliphatic carbocycles. The minimum Gasteiger partial charge on any atom is -0.294 e. The molecule has 1 heterocycles. The minimum absolute atomic E-state index is 0.0710. The molecule has 0 unspecified atom stereocenters. The summed E-state index contributed by atoms with van der Waals surface area (Å²) in [6, 6.07) is 3.23. The molecular formula is C10H9Cl2NO. The maximum Gasteiger partial charge on any atom is 0.166 e. The van der Waals surface area contributed by atoms with Crippen molar-refractivity contribution in [3.05, 3.63) is 28.0 Å². The summed E-state index contributed by atoms with van der Waals surface area (Å²) in [5.41, 5.74) is 0.489. The molecule has 0 atom stereocenters. The Morgan fingerprint density at radius 3 is 2.71 bits per heavy atom. The topological polar surface area (TPSA) is 30.0 Å². The van der Waals surface area contributed by atoms with Crippen molar-refractivity contribution in [2.45, 2.75) is 19.3 Å². The third kappa shape index (κ3) is 2.25. The highest BCUT2D eigenvalue weighted by atomic mass is 35.5. The van der Waals surface area contributed by atoms with Crippen LogP contribution in [0.3, 0.4) is 0 Å². The second-order valence-electron chi connectivity index (χ2n) is 3.54. The molecule has 1 saturated carbocycles. The van der Waals surface area contributed by atoms with Crippen LogP contribution >= 0.6 is 23.2 Å². The number of nitrogens with zero attached hydrogens (tertiary/aromatic N) is 1. The van der Waals surface area contributed by atoms with Crippen molar-refractivity contribution in [3.63, 3.8) is 0 Å². The lowest BCUT2D eigenvalue weighted by Gasteiger charge is -2.01. The second kappa shape index (κ2) is 3.87. The number of rotatable bonds is 3. The normalized spacial score (nSPS) is 15.6. The first-order valence-electron chi connectivity index (χ1n) is 4.52. The largest absolute Gasteiger partial charge is 0.294 e. The van der Waals surface area contributed by atoms with E-state index >= 15 is 0 Å². The maximum absolute atomic E-state index is 11.7. The van der Waals surface area contributed by atoms with Gasteiger partial charge in [0, 0.05) is 6.42 Å². The summed E-state index contributed by atoms with van der Waals surface area (Å²) >= 11 is 11.4. The van der Waals surface area contributed by atoms with E-state index in [0.29, 0.717) is 23.1 Å². The average Bonchev–Trinajstić information content (AvgIpc) is 2.87. The van der Waals surface area contributed by atoms with Gasteiger partial charge in [-0.3, -0.25) is 4.79 Å². The van der Waals surface area contributed by atoms with E-state index in [4.69, 9.17) is 23.2 Å². The Morgan fingerprint density at radius 1 is 1.43 bits per heavy atom. The molecule has 0 bridgehead atoms. The van der Waals surface area contributed by atoms with Gasteiger partial charge in [-0.2, -0.15) is 0 Å². The van der Waals surface area contributed by atoms with Gasteiger partial charge in [-0.05, 0) is 30.9 Å². The fraction of sp³-hybridized carbons (Fsp3) is 0.400. The molecule has 0 amide bonds. The summed E-state index contributed by atoms with van der Waals surface area (Å²) in [6.07, 6.45) is 2.90. The zero-order valence-corrected chi connectivity index (χ0v) is 8.98. The van der Waals surface area contributed by atoms with E-state index in [0.717, 1.165) is 12.8 Å². The summed E-state index contributed by atoms with van der Waals surface area (Å²) in [4.78, 5) is 15.5.